The van der Waals surface area contributed by atoms with Crippen LogP contribution in [-0.4, -0.2) is 17.7 Å². The topological polar surface area (TPSA) is 70.3 Å². The highest BCUT2D eigenvalue weighted by Gasteiger charge is 2.12. The summed E-state index contributed by atoms with van der Waals surface area (Å²) in [6.07, 6.45) is -0.0308. The molecule has 0 aromatic heterocycles. The molecule has 0 atom stereocenters. The number of ether oxygens (including phenoxy) is 1. The molecule has 0 amide bonds. The van der Waals surface area contributed by atoms with Crippen molar-refractivity contribution >= 4 is 21.9 Å². The first-order valence-corrected chi connectivity index (χ1v) is 6.21. The number of phenolic OH excluding ortho intramolecular Hbond substituents is 1. The van der Waals surface area contributed by atoms with Crippen molar-refractivity contribution in [3.8, 4) is 11.8 Å². The molecule has 0 heterocycles. The molecule has 0 saturated heterocycles. The van der Waals surface area contributed by atoms with Crippen LogP contribution in [0.4, 0.5) is 0 Å². The van der Waals surface area contributed by atoms with Crippen molar-refractivity contribution in [2.24, 2.45) is 0 Å². The van der Waals surface area contributed by atoms with E-state index in [2.05, 4.69) is 15.9 Å². The third-order valence-corrected chi connectivity index (χ3v) is 2.81. The van der Waals surface area contributed by atoms with Crippen molar-refractivity contribution in [2.75, 3.05) is 6.61 Å². The number of hydrogen-bond donors (Lipinski definition) is 1. The number of nitrogens with zero attached hydrogens (tertiary/aromatic N) is 1. The van der Waals surface area contributed by atoms with Crippen molar-refractivity contribution in [1.29, 1.82) is 5.26 Å². The van der Waals surface area contributed by atoms with E-state index in [1.165, 1.54) is 12.1 Å². The van der Waals surface area contributed by atoms with E-state index in [1.807, 2.05) is 6.07 Å². The second kappa shape index (κ2) is 6.26. The Hall–Kier alpha value is -1.54. The summed E-state index contributed by atoms with van der Waals surface area (Å²) in [6, 6.07) is 5.03. The van der Waals surface area contributed by atoms with Gasteiger partial charge in [0.25, 0.3) is 0 Å². The standard InChI is InChI=1S/C12H12BrNO3/c1-2-17-12(16)5-8-3-10(7-14)9(6-13)4-11(8)15/h3-4,15H,2,5-6H2,1H3. The Kier molecular flexibility index (Phi) is 4.98. The van der Waals surface area contributed by atoms with E-state index in [9.17, 15) is 9.90 Å². The zero-order valence-electron chi connectivity index (χ0n) is 9.36. The van der Waals surface area contributed by atoms with Gasteiger partial charge in [-0.15, -0.1) is 0 Å². The Morgan fingerprint density at radius 1 is 1.53 bits per heavy atom. The number of halogens is 1. The van der Waals surface area contributed by atoms with Crippen molar-refractivity contribution in [3.63, 3.8) is 0 Å². The van der Waals surface area contributed by atoms with Gasteiger partial charge in [-0.3, -0.25) is 4.79 Å². The molecule has 5 heteroatoms. The predicted octanol–water partition coefficient (Wildman–Crippen LogP) is 2.26. The molecule has 0 aliphatic rings. The Bertz CT molecular complexity index is 466. The maximum atomic E-state index is 11.3. The monoisotopic (exact) mass is 297 g/mol. The Morgan fingerprint density at radius 2 is 2.24 bits per heavy atom. The summed E-state index contributed by atoms with van der Waals surface area (Å²) in [4.78, 5) is 11.3. The maximum absolute atomic E-state index is 11.3. The van der Waals surface area contributed by atoms with Crippen LogP contribution in [0, 0.1) is 11.3 Å². The van der Waals surface area contributed by atoms with Gasteiger partial charge < -0.3 is 9.84 Å². The number of benzene rings is 1. The summed E-state index contributed by atoms with van der Waals surface area (Å²) < 4.78 is 4.79. The Morgan fingerprint density at radius 3 is 2.76 bits per heavy atom. The molecule has 0 fully saturated rings. The number of rotatable bonds is 4. The summed E-state index contributed by atoms with van der Waals surface area (Å²) in [5, 5.41) is 19.1. The molecule has 0 aliphatic carbocycles. The van der Waals surface area contributed by atoms with Gasteiger partial charge in [0.15, 0.2) is 0 Å². The molecule has 1 aromatic rings. The molecule has 90 valence electrons. The van der Waals surface area contributed by atoms with Gasteiger partial charge in [0.2, 0.25) is 0 Å². The lowest BCUT2D eigenvalue weighted by Gasteiger charge is -2.07. The largest absolute Gasteiger partial charge is 0.508 e. The molecule has 0 radical (unpaired) electrons. The highest BCUT2D eigenvalue weighted by molar-refractivity contribution is 9.08. The molecular weight excluding hydrogens is 286 g/mol. The molecule has 0 spiro atoms. The number of nitriles is 1. The van der Waals surface area contributed by atoms with Crippen molar-refractivity contribution in [1.82, 2.24) is 0 Å². The molecule has 0 bridgehead atoms. The van der Waals surface area contributed by atoms with Crippen molar-refractivity contribution < 1.29 is 14.6 Å². The third kappa shape index (κ3) is 3.46. The minimum absolute atomic E-state index is 0.00602. The number of esters is 1. The van der Waals surface area contributed by atoms with E-state index in [0.717, 1.165) is 0 Å². The molecule has 17 heavy (non-hydrogen) atoms. The second-order valence-electron chi connectivity index (χ2n) is 3.37. The number of alkyl halides is 1. The number of aromatic hydroxyl groups is 1. The first-order valence-electron chi connectivity index (χ1n) is 5.08. The zero-order chi connectivity index (χ0) is 12.8. The van der Waals surface area contributed by atoms with Gasteiger partial charge in [0.05, 0.1) is 24.7 Å². The number of phenols is 1. The van der Waals surface area contributed by atoms with Gasteiger partial charge in [-0.05, 0) is 24.6 Å². The first kappa shape index (κ1) is 13.5. The summed E-state index contributed by atoms with van der Waals surface area (Å²) in [5.41, 5.74) is 1.54. The molecular formula is C12H12BrNO3. The lowest BCUT2D eigenvalue weighted by atomic mass is 10.0. The fraction of sp³-hybridized carbons (Fsp3) is 0.333. The quantitative estimate of drug-likeness (QED) is 0.684. The highest BCUT2D eigenvalue weighted by atomic mass is 79.9. The van der Waals surface area contributed by atoms with Gasteiger partial charge in [0, 0.05) is 10.9 Å². The highest BCUT2D eigenvalue weighted by Crippen LogP contribution is 2.24. The molecule has 1 rings (SSSR count). The van der Waals surface area contributed by atoms with E-state index in [0.29, 0.717) is 28.6 Å². The normalized spacial score (nSPS) is 9.71. The summed E-state index contributed by atoms with van der Waals surface area (Å²) in [7, 11) is 0. The minimum atomic E-state index is -0.418. The summed E-state index contributed by atoms with van der Waals surface area (Å²) in [5.74, 6) is -0.412. The zero-order valence-corrected chi connectivity index (χ0v) is 11.0. The van der Waals surface area contributed by atoms with Crippen LogP contribution in [0.15, 0.2) is 12.1 Å². The van der Waals surface area contributed by atoms with Gasteiger partial charge in [-0.2, -0.15) is 5.26 Å². The van der Waals surface area contributed by atoms with Crippen LogP contribution in [0.5, 0.6) is 5.75 Å². The van der Waals surface area contributed by atoms with Gasteiger partial charge >= 0.3 is 5.97 Å². The van der Waals surface area contributed by atoms with E-state index >= 15 is 0 Å². The maximum Gasteiger partial charge on any atom is 0.310 e. The number of carbonyl (C=O) groups excluding carboxylic acids is 1. The van der Waals surface area contributed by atoms with Crippen molar-refractivity contribution in [3.05, 3.63) is 28.8 Å². The average Bonchev–Trinajstić information content (AvgIpc) is 2.31. The Labute approximate surface area is 108 Å². The molecule has 0 unspecified atom stereocenters. The molecule has 1 N–H and O–H groups in total. The van der Waals surface area contributed by atoms with E-state index < -0.39 is 5.97 Å². The van der Waals surface area contributed by atoms with Crippen LogP contribution in [0.1, 0.15) is 23.6 Å². The van der Waals surface area contributed by atoms with Crippen LogP contribution < -0.4 is 0 Å². The fourth-order valence-corrected chi connectivity index (χ4v) is 1.86. The molecule has 0 aliphatic heterocycles. The van der Waals surface area contributed by atoms with Crippen LogP contribution in [0.25, 0.3) is 0 Å². The van der Waals surface area contributed by atoms with E-state index in [4.69, 9.17) is 10.00 Å². The smallest absolute Gasteiger partial charge is 0.310 e. The van der Waals surface area contributed by atoms with Crippen molar-refractivity contribution in [2.45, 2.75) is 18.7 Å². The van der Waals surface area contributed by atoms with E-state index in [-0.39, 0.29) is 12.2 Å². The van der Waals surface area contributed by atoms with E-state index in [1.54, 1.807) is 6.92 Å². The van der Waals surface area contributed by atoms with Gasteiger partial charge in [0.1, 0.15) is 5.75 Å². The molecule has 0 saturated carbocycles. The first-order chi connectivity index (χ1) is 8.12. The van der Waals surface area contributed by atoms with Crippen LogP contribution in [-0.2, 0) is 21.3 Å². The SMILES string of the molecule is CCOC(=O)Cc1cc(C#N)c(CBr)cc1O. The summed E-state index contributed by atoms with van der Waals surface area (Å²) >= 11 is 3.23. The lowest BCUT2D eigenvalue weighted by Crippen LogP contribution is -2.08. The lowest BCUT2D eigenvalue weighted by molar-refractivity contribution is -0.142. The number of carbonyl (C=O) groups is 1. The molecule has 4 nitrogen and oxygen atoms in total. The van der Waals surface area contributed by atoms with Crippen LogP contribution in [0.3, 0.4) is 0 Å². The second-order valence-corrected chi connectivity index (χ2v) is 3.93. The predicted molar refractivity (Wildman–Crippen MR) is 65.8 cm³/mol. The summed E-state index contributed by atoms with van der Waals surface area (Å²) in [6.45, 7) is 2.01. The van der Waals surface area contributed by atoms with Gasteiger partial charge in [-0.25, -0.2) is 0 Å². The Balaban J connectivity index is 3.01. The van der Waals surface area contributed by atoms with Gasteiger partial charge in [-0.1, -0.05) is 15.9 Å². The van der Waals surface area contributed by atoms with Crippen LogP contribution >= 0.6 is 15.9 Å². The fourth-order valence-electron chi connectivity index (χ4n) is 1.40. The number of hydrogen-bond acceptors (Lipinski definition) is 4. The van der Waals surface area contributed by atoms with Crippen LogP contribution in [0.2, 0.25) is 0 Å². The molecule has 1 aromatic carbocycles. The average molecular weight is 298 g/mol. The third-order valence-electron chi connectivity index (χ3n) is 2.21. The minimum Gasteiger partial charge on any atom is -0.508 e.